The van der Waals surface area contributed by atoms with Crippen LogP contribution in [0.1, 0.15) is 157 Å². The molecule has 2 unspecified atom stereocenters. The lowest BCUT2D eigenvalue weighted by molar-refractivity contribution is -0.142. The third kappa shape index (κ3) is 24.1. The summed E-state index contributed by atoms with van der Waals surface area (Å²) in [5.41, 5.74) is 1.36. The molecular formula is C31H60O2. The second kappa shape index (κ2) is 23.0. The molecule has 0 N–H and O–H groups in total. The van der Waals surface area contributed by atoms with Crippen molar-refractivity contribution in [3.05, 3.63) is 11.6 Å². The van der Waals surface area contributed by atoms with Crippen molar-refractivity contribution in [3.63, 3.8) is 0 Å². The predicted octanol–water partition coefficient (Wildman–Crippen LogP) is 10.4. The number of rotatable bonds is 23. The van der Waals surface area contributed by atoms with Crippen LogP contribution >= 0.6 is 0 Å². The van der Waals surface area contributed by atoms with Gasteiger partial charge in [0.1, 0.15) is 6.61 Å². The largest absolute Gasteiger partial charge is 0.461 e. The molecule has 196 valence electrons. The SMILES string of the molecule is CCCCCCCCCCC(=O)OCC=C(C)CCCC(C)CCCC(C)CCCC(C)C. The van der Waals surface area contributed by atoms with Gasteiger partial charge in [-0.1, -0.05) is 130 Å². The fourth-order valence-corrected chi connectivity index (χ4v) is 4.56. The number of esters is 1. The molecule has 0 saturated heterocycles. The summed E-state index contributed by atoms with van der Waals surface area (Å²) in [6.07, 6.45) is 24.8. The molecule has 0 saturated carbocycles. The number of unbranched alkanes of at least 4 members (excludes halogenated alkanes) is 7. The maximum absolute atomic E-state index is 11.9. The van der Waals surface area contributed by atoms with Crippen molar-refractivity contribution in [2.24, 2.45) is 17.8 Å². The lowest BCUT2D eigenvalue weighted by atomic mass is 9.91. The van der Waals surface area contributed by atoms with Gasteiger partial charge in [-0.2, -0.15) is 0 Å². The molecule has 2 nitrogen and oxygen atoms in total. The maximum Gasteiger partial charge on any atom is 0.306 e. The van der Waals surface area contributed by atoms with Crippen LogP contribution in [-0.2, 0) is 9.53 Å². The third-order valence-electron chi connectivity index (χ3n) is 7.05. The van der Waals surface area contributed by atoms with E-state index in [0.717, 1.165) is 37.0 Å². The van der Waals surface area contributed by atoms with Crippen LogP contribution in [0.3, 0.4) is 0 Å². The van der Waals surface area contributed by atoms with Crippen LogP contribution in [0.4, 0.5) is 0 Å². The lowest BCUT2D eigenvalue weighted by Crippen LogP contribution is -2.04. The van der Waals surface area contributed by atoms with Gasteiger partial charge in [0.25, 0.3) is 0 Å². The Labute approximate surface area is 208 Å². The Balaban J connectivity index is 3.63. The normalized spacial score (nSPS) is 14.0. The Morgan fingerprint density at radius 1 is 0.667 bits per heavy atom. The summed E-state index contributed by atoms with van der Waals surface area (Å²) >= 11 is 0. The minimum Gasteiger partial charge on any atom is -0.461 e. The first kappa shape index (κ1) is 32.2. The zero-order chi connectivity index (χ0) is 24.7. The summed E-state index contributed by atoms with van der Waals surface area (Å²) < 4.78 is 5.40. The summed E-state index contributed by atoms with van der Waals surface area (Å²) in [7, 11) is 0. The highest BCUT2D eigenvalue weighted by Crippen LogP contribution is 2.22. The van der Waals surface area contributed by atoms with Gasteiger partial charge in [-0.05, 0) is 50.0 Å². The average molecular weight is 465 g/mol. The standard InChI is InChI=1S/C31H60O2/c1-7-8-9-10-11-12-13-14-24-31(32)33-26-25-30(6)23-17-22-29(5)21-16-20-28(4)19-15-18-27(2)3/h25,27-29H,7-24,26H2,1-6H3. The molecule has 0 aliphatic heterocycles. The molecule has 0 fully saturated rings. The molecule has 0 aromatic carbocycles. The minimum atomic E-state index is -0.0305. The maximum atomic E-state index is 11.9. The van der Waals surface area contributed by atoms with E-state index in [-0.39, 0.29) is 5.97 Å². The summed E-state index contributed by atoms with van der Waals surface area (Å²) in [5, 5.41) is 0. The molecule has 0 aromatic rings. The van der Waals surface area contributed by atoms with Gasteiger partial charge in [0.2, 0.25) is 0 Å². The van der Waals surface area contributed by atoms with Gasteiger partial charge in [0, 0.05) is 6.42 Å². The van der Waals surface area contributed by atoms with Gasteiger partial charge in [-0.25, -0.2) is 0 Å². The Morgan fingerprint density at radius 2 is 1.18 bits per heavy atom. The molecule has 0 bridgehead atoms. The van der Waals surface area contributed by atoms with Crippen LogP contribution in [0, 0.1) is 17.8 Å². The smallest absolute Gasteiger partial charge is 0.306 e. The monoisotopic (exact) mass is 464 g/mol. The summed E-state index contributed by atoms with van der Waals surface area (Å²) in [6.45, 7) is 14.4. The number of hydrogen-bond acceptors (Lipinski definition) is 2. The van der Waals surface area contributed by atoms with Crippen LogP contribution in [0.25, 0.3) is 0 Å². The predicted molar refractivity (Wildman–Crippen MR) is 147 cm³/mol. The molecule has 0 aromatic heterocycles. The van der Waals surface area contributed by atoms with Crippen LogP contribution in [0.2, 0.25) is 0 Å². The molecule has 33 heavy (non-hydrogen) atoms. The average Bonchev–Trinajstić information content (AvgIpc) is 2.75. The van der Waals surface area contributed by atoms with E-state index in [1.54, 1.807) is 0 Å². The summed E-state index contributed by atoms with van der Waals surface area (Å²) in [5.74, 6) is 2.53. The Hall–Kier alpha value is -0.790. The highest BCUT2D eigenvalue weighted by atomic mass is 16.5. The van der Waals surface area contributed by atoms with Crippen LogP contribution in [0.15, 0.2) is 11.6 Å². The molecule has 0 rings (SSSR count). The van der Waals surface area contributed by atoms with Crippen LogP contribution in [-0.4, -0.2) is 12.6 Å². The van der Waals surface area contributed by atoms with Crippen molar-refractivity contribution >= 4 is 5.97 Å². The van der Waals surface area contributed by atoms with Crippen molar-refractivity contribution in [2.75, 3.05) is 6.61 Å². The second-order valence-electron chi connectivity index (χ2n) is 11.3. The lowest BCUT2D eigenvalue weighted by Gasteiger charge is -2.15. The highest BCUT2D eigenvalue weighted by molar-refractivity contribution is 5.69. The molecule has 2 heteroatoms. The molecule has 0 amide bonds. The van der Waals surface area contributed by atoms with Gasteiger partial charge in [-0.3, -0.25) is 4.79 Å². The molecular weight excluding hydrogens is 404 g/mol. The topological polar surface area (TPSA) is 26.3 Å². The fourth-order valence-electron chi connectivity index (χ4n) is 4.56. The third-order valence-corrected chi connectivity index (χ3v) is 7.05. The summed E-state index contributed by atoms with van der Waals surface area (Å²) in [4.78, 5) is 11.9. The molecule has 0 radical (unpaired) electrons. The quantitative estimate of drug-likeness (QED) is 0.0853. The first-order valence-corrected chi connectivity index (χ1v) is 14.7. The van der Waals surface area contributed by atoms with E-state index in [0.29, 0.717) is 13.0 Å². The van der Waals surface area contributed by atoms with E-state index < -0.39 is 0 Å². The molecule has 0 aliphatic rings. The van der Waals surface area contributed by atoms with E-state index in [9.17, 15) is 4.79 Å². The van der Waals surface area contributed by atoms with Crippen molar-refractivity contribution in [1.29, 1.82) is 0 Å². The highest BCUT2D eigenvalue weighted by Gasteiger charge is 2.07. The van der Waals surface area contributed by atoms with E-state index in [4.69, 9.17) is 4.74 Å². The van der Waals surface area contributed by atoms with Gasteiger partial charge < -0.3 is 4.74 Å². The number of allylic oxidation sites excluding steroid dienone is 1. The number of hydrogen-bond donors (Lipinski definition) is 0. The number of carbonyl (C=O) groups is 1. The minimum absolute atomic E-state index is 0.0305. The van der Waals surface area contributed by atoms with Crippen molar-refractivity contribution in [1.82, 2.24) is 0 Å². The Kier molecular flexibility index (Phi) is 22.4. The van der Waals surface area contributed by atoms with E-state index in [2.05, 4.69) is 47.6 Å². The Morgan fingerprint density at radius 3 is 1.76 bits per heavy atom. The zero-order valence-electron chi connectivity index (χ0n) is 23.6. The molecule has 0 aliphatic carbocycles. The number of ether oxygens (including phenoxy) is 1. The first-order valence-electron chi connectivity index (χ1n) is 14.7. The van der Waals surface area contributed by atoms with E-state index in [1.807, 2.05) is 0 Å². The van der Waals surface area contributed by atoms with E-state index >= 15 is 0 Å². The number of carbonyl (C=O) groups excluding carboxylic acids is 1. The van der Waals surface area contributed by atoms with Crippen molar-refractivity contribution in [2.45, 2.75) is 157 Å². The van der Waals surface area contributed by atoms with Crippen LogP contribution < -0.4 is 0 Å². The van der Waals surface area contributed by atoms with Gasteiger partial charge in [-0.15, -0.1) is 0 Å². The van der Waals surface area contributed by atoms with Gasteiger partial charge in [0.15, 0.2) is 0 Å². The van der Waals surface area contributed by atoms with Gasteiger partial charge in [0.05, 0.1) is 0 Å². The molecule has 0 heterocycles. The summed E-state index contributed by atoms with van der Waals surface area (Å²) in [6, 6.07) is 0. The van der Waals surface area contributed by atoms with Crippen molar-refractivity contribution in [3.8, 4) is 0 Å². The van der Waals surface area contributed by atoms with E-state index in [1.165, 1.54) is 95.5 Å². The zero-order valence-corrected chi connectivity index (χ0v) is 23.6. The first-order chi connectivity index (χ1) is 15.8. The fraction of sp³-hybridized carbons (Fsp3) is 0.903. The second-order valence-corrected chi connectivity index (χ2v) is 11.3. The van der Waals surface area contributed by atoms with Gasteiger partial charge >= 0.3 is 5.97 Å². The molecule has 2 atom stereocenters. The van der Waals surface area contributed by atoms with Crippen molar-refractivity contribution < 1.29 is 9.53 Å². The van der Waals surface area contributed by atoms with Crippen LogP contribution in [0.5, 0.6) is 0 Å². The molecule has 0 spiro atoms. The Bertz CT molecular complexity index is 466.